The highest BCUT2D eigenvalue weighted by atomic mass is 16.5. The Balaban J connectivity index is 0.932. The number of benzene rings is 2. The fourth-order valence-electron chi connectivity index (χ4n) is 12.7. The molecule has 6 aliphatic rings. The van der Waals surface area contributed by atoms with Gasteiger partial charge in [0, 0.05) is 24.2 Å². The van der Waals surface area contributed by atoms with Crippen LogP contribution in [0, 0.1) is 23.7 Å². The van der Waals surface area contributed by atoms with Gasteiger partial charge in [0.15, 0.2) is 0 Å². The maximum Gasteiger partial charge on any atom is 0.407 e. The number of H-pyrrole nitrogens is 2. The third-order valence-electron chi connectivity index (χ3n) is 15.9. The number of imidazole rings is 2. The van der Waals surface area contributed by atoms with Crippen molar-refractivity contribution in [2.45, 2.75) is 128 Å². The Morgan fingerprint density at radius 2 is 1.00 bits per heavy atom. The van der Waals surface area contributed by atoms with Crippen molar-refractivity contribution in [2.75, 3.05) is 27.3 Å². The molecule has 10 rings (SSSR count). The zero-order valence-electron chi connectivity index (χ0n) is 38.1. The highest BCUT2D eigenvalue weighted by molar-refractivity contribution is 5.88. The zero-order chi connectivity index (χ0) is 44.7. The van der Waals surface area contributed by atoms with Crippen molar-refractivity contribution >= 4 is 24.0 Å². The number of aromatic amines is 2. The predicted molar refractivity (Wildman–Crippen MR) is 241 cm³/mol. The van der Waals surface area contributed by atoms with Crippen molar-refractivity contribution in [1.29, 1.82) is 0 Å². The summed E-state index contributed by atoms with van der Waals surface area (Å²) in [5.74, 6) is 2.10. The molecule has 14 heteroatoms. The summed E-state index contributed by atoms with van der Waals surface area (Å²) < 4.78 is 9.75. The number of rotatable bonds is 11. The Bertz CT molecular complexity index is 2350. The van der Waals surface area contributed by atoms with Gasteiger partial charge in [-0.3, -0.25) is 9.59 Å². The number of hydrogen-bond acceptors (Lipinski definition) is 8. The van der Waals surface area contributed by atoms with E-state index in [1.165, 1.54) is 58.7 Å². The molecule has 2 aromatic carbocycles. The van der Waals surface area contributed by atoms with Gasteiger partial charge in [-0.1, -0.05) is 52.0 Å². The molecule has 338 valence electrons. The summed E-state index contributed by atoms with van der Waals surface area (Å²) >= 11 is 0. The minimum Gasteiger partial charge on any atom is -0.453 e. The number of likely N-dealkylation sites (tertiary alicyclic amines) is 2. The molecule has 6 unspecified atom stereocenters. The predicted octanol–water partition coefficient (Wildman–Crippen LogP) is 7.55. The van der Waals surface area contributed by atoms with Crippen LogP contribution in [-0.2, 0) is 55.8 Å². The average molecular weight is 871 g/mol. The third kappa shape index (κ3) is 6.71. The summed E-state index contributed by atoms with van der Waals surface area (Å²) in [4.78, 5) is 74.3. The molecular weight excluding hydrogens is 809 g/mol. The van der Waals surface area contributed by atoms with Gasteiger partial charge in [0.1, 0.15) is 34.8 Å². The van der Waals surface area contributed by atoms with E-state index in [1.54, 1.807) is 0 Å². The Morgan fingerprint density at radius 1 is 0.625 bits per heavy atom. The lowest BCUT2D eigenvalue weighted by Gasteiger charge is -2.40. The van der Waals surface area contributed by atoms with Crippen molar-refractivity contribution in [3.63, 3.8) is 0 Å². The van der Waals surface area contributed by atoms with Gasteiger partial charge in [-0.25, -0.2) is 19.6 Å². The van der Waals surface area contributed by atoms with E-state index in [-0.39, 0.29) is 23.7 Å². The van der Waals surface area contributed by atoms with Gasteiger partial charge >= 0.3 is 12.2 Å². The maximum absolute atomic E-state index is 14.2. The third-order valence-corrected chi connectivity index (χ3v) is 15.9. The second-order valence-electron chi connectivity index (χ2n) is 20.1. The molecular formula is C50H62N8O6. The van der Waals surface area contributed by atoms with Gasteiger partial charge in [0.25, 0.3) is 0 Å². The van der Waals surface area contributed by atoms with Crippen LogP contribution in [0.1, 0.15) is 113 Å². The summed E-state index contributed by atoms with van der Waals surface area (Å²) in [6.45, 7) is 9.11. The van der Waals surface area contributed by atoms with Gasteiger partial charge in [-0.2, -0.15) is 0 Å². The van der Waals surface area contributed by atoms with Crippen LogP contribution < -0.4 is 10.6 Å². The summed E-state index contributed by atoms with van der Waals surface area (Å²) in [5.41, 5.74) is 11.4. The Morgan fingerprint density at radius 3 is 1.36 bits per heavy atom. The SMILES string of the molecule is COC(=O)NC(C(=O)N1CC2CCC1(c1ncc(-c3ccc(-c4ccc(-c5cnc(C67CCC(CN6C(=O)C(NC(=O)OC)C(C)C)C7)[nH]5)c5c4CCC5)c4c3CCC4)[nH]1)C2)C(C)C. The number of ether oxygens (including phenoxy) is 2. The van der Waals surface area contributed by atoms with Crippen LogP contribution in [0.4, 0.5) is 9.59 Å². The quantitative estimate of drug-likeness (QED) is 0.120. The van der Waals surface area contributed by atoms with Gasteiger partial charge in [0.2, 0.25) is 11.8 Å². The van der Waals surface area contributed by atoms with E-state index >= 15 is 0 Å². The minimum atomic E-state index is -0.682. The first-order chi connectivity index (χ1) is 30.8. The van der Waals surface area contributed by atoms with Gasteiger partial charge in [-0.15, -0.1) is 0 Å². The summed E-state index contributed by atoms with van der Waals surface area (Å²) in [6.07, 6.45) is 14.4. The largest absolute Gasteiger partial charge is 0.453 e. The number of carbonyl (C=O) groups excluding carboxylic acids is 4. The number of nitrogens with zero attached hydrogens (tertiary/aromatic N) is 4. The molecule has 14 nitrogen and oxygen atoms in total. The maximum atomic E-state index is 14.2. The van der Waals surface area contributed by atoms with Crippen LogP contribution in [0.15, 0.2) is 36.7 Å². The van der Waals surface area contributed by atoms with Crippen LogP contribution >= 0.6 is 0 Å². The second-order valence-corrected chi connectivity index (χ2v) is 20.1. The molecule has 4 N–H and O–H groups in total. The molecule has 2 aliphatic heterocycles. The molecule has 4 bridgehead atoms. The average Bonchev–Trinajstić information content (AvgIpc) is 4.15. The molecule has 64 heavy (non-hydrogen) atoms. The summed E-state index contributed by atoms with van der Waals surface area (Å²) in [5, 5.41) is 5.59. The van der Waals surface area contributed by atoms with Crippen molar-refractivity contribution in [3.05, 3.63) is 70.6 Å². The van der Waals surface area contributed by atoms with Crippen LogP contribution in [0.25, 0.3) is 33.6 Å². The van der Waals surface area contributed by atoms with Crippen molar-refractivity contribution in [2.24, 2.45) is 23.7 Å². The number of methoxy groups -OCH3 is 2. The summed E-state index contributed by atoms with van der Waals surface area (Å²) in [7, 11) is 2.64. The molecule has 2 aromatic heterocycles. The first-order valence-corrected chi connectivity index (χ1v) is 23.6. The molecule has 0 spiro atoms. The Hall–Kier alpha value is -5.66. The fourth-order valence-corrected chi connectivity index (χ4v) is 12.7. The van der Waals surface area contributed by atoms with Crippen LogP contribution in [0.2, 0.25) is 0 Å². The van der Waals surface area contributed by atoms with E-state index in [2.05, 4.69) is 44.9 Å². The number of fused-ring (bicyclic) bond motifs is 6. The molecule has 6 atom stereocenters. The first kappa shape index (κ1) is 42.3. The minimum absolute atomic E-state index is 0.0810. The second kappa shape index (κ2) is 16.1. The standard InChI is InChI=1S/C50H62N8O6/c1-27(2)41(55-47(61)63-5)43(59)57-25-29-17-19-49(57,21-29)45-51-23-39(53-45)37-15-13-35(31-9-7-11-33(31)37)36-14-16-38(34-12-8-10-32(34)36)40-24-52-46(54-40)50-20-18-30(22-50)26-58(50)44(60)42(28(3)4)56-48(62)64-6/h13-16,23-24,27-30,41-42H,7-12,17-22,25-26H2,1-6H3,(H,51,53)(H,52,54)(H,55,61)(H,56,62). The van der Waals surface area contributed by atoms with E-state index in [1.807, 2.05) is 49.9 Å². The lowest BCUT2D eigenvalue weighted by Crippen LogP contribution is -2.56. The molecule has 4 aliphatic carbocycles. The Labute approximate surface area is 375 Å². The molecule has 4 amide bonds. The van der Waals surface area contributed by atoms with E-state index in [9.17, 15) is 19.2 Å². The Kier molecular flexibility index (Phi) is 10.6. The lowest BCUT2D eigenvalue weighted by atomic mass is 9.87. The number of nitrogens with one attached hydrogen (secondary N) is 4. The van der Waals surface area contributed by atoms with Gasteiger partial charge < -0.3 is 39.9 Å². The highest BCUT2D eigenvalue weighted by Crippen LogP contribution is 2.54. The first-order valence-electron chi connectivity index (χ1n) is 23.6. The van der Waals surface area contributed by atoms with Gasteiger partial charge in [0.05, 0.1) is 38.0 Å². The van der Waals surface area contributed by atoms with Crippen LogP contribution in [0.5, 0.6) is 0 Å². The van der Waals surface area contributed by atoms with Gasteiger partial charge in [-0.05, 0) is 134 Å². The molecule has 4 fully saturated rings. The number of hydrogen-bond donors (Lipinski definition) is 4. The van der Waals surface area contributed by atoms with E-state index in [0.717, 1.165) is 100 Å². The lowest BCUT2D eigenvalue weighted by molar-refractivity contribution is -0.141. The number of alkyl carbamates (subject to hydrolysis) is 2. The zero-order valence-corrected chi connectivity index (χ0v) is 38.1. The van der Waals surface area contributed by atoms with E-state index in [0.29, 0.717) is 24.9 Å². The van der Waals surface area contributed by atoms with Crippen LogP contribution in [0.3, 0.4) is 0 Å². The van der Waals surface area contributed by atoms with Crippen LogP contribution in [-0.4, -0.2) is 93.1 Å². The molecule has 2 saturated carbocycles. The monoisotopic (exact) mass is 870 g/mol. The number of aromatic nitrogens is 4. The van der Waals surface area contributed by atoms with E-state index in [4.69, 9.17) is 19.4 Å². The molecule has 4 aromatic rings. The fraction of sp³-hybridized carbons (Fsp3) is 0.560. The molecule has 0 radical (unpaired) electrons. The number of carbonyl (C=O) groups is 4. The molecule has 4 heterocycles. The smallest absolute Gasteiger partial charge is 0.407 e. The van der Waals surface area contributed by atoms with Crippen molar-refractivity contribution in [3.8, 4) is 33.6 Å². The topological polar surface area (TPSA) is 175 Å². The normalized spacial score (nSPS) is 24.9. The van der Waals surface area contributed by atoms with Crippen molar-refractivity contribution < 1.29 is 28.7 Å². The molecule has 2 saturated heterocycles. The number of amides is 4. The highest BCUT2D eigenvalue weighted by Gasteiger charge is 2.58. The van der Waals surface area contributed by atoms with E-state index < -0.39 is 35.3 Å². The van der Waals surface area contributed by atoms with Crippen molar-refractivity contribution in [1.82, 2.24) is 40.4 Å². The summed E-state index contributed by atoms with van der Waals surface area (Å²) in [6, 6.07) is 7.79. The number of piperidine rings is 2.